The van der Waals surface area contributed by atoms with Gasteiger partial charge in [0.1, 0.15) is 0 Å². The minimum atomic E-state index is -0.276. The van der Waals surface area contributed by atoms with Gasteiger partial charge in [0.2, 0.25) is 5.96 Å². The minimum absolute atomic E-state index is 0.0562. The van der Waals surface area contributed by atoms with E-state index in [-0.39, 0.29) is 11.9 Å². The van der Waals surface area contributed by atoms with Crippen LogP contribution in [0.5, 0.6) is 0 Å². The number of rotatable bonds is 2. The Morgan fingerprint density at radius 3 is 2.45 bits per heavy atom. The summed E-state index contributed by atoms with van der Waals surface area (Å²) in [5.74, 6) is 5.04. The molecule has 0 fully saturated rings. The average molecular weight is 158 g/mol. The summed E-state index contributed by atoms with van der Waals surface area (Å²) in [6, 6.07) is 0. The van der Waals surface area contributed by atoms with E-state index < -0.39 is 0 Å². The molecule has 0 aromatic heterocycles. The molecule has 0 rings (SSSR count). The second-order valence-corrected chi connectivity index (χ2v) is 2.08. The highest BCUT2D eigenvalue weighted by Gasteiger charge is 2.02. The number of hydrogen-bond acceptors (Lipinski definition) is 3. The maximum Gasteiger partial charge on any atom is 0.212 e. The quantitative estimate of drug-likeness (QED) is 0.153. The zero-order valence-corrected chi connectivity index (χ0v) is 6.52. The van der Waals surface area contributed by atoms with E-state index >= 15 is 0 Å². The molecule has 64 valence electrons. The Morgan fingerprint density at radius 2 is 2.09 bits per heavy atom. The lowest BCUT2D eigenvalue weighted by Crippen LogP contribution is -2.49. The second-order valence-electron chi connectivity index (χ2n) is 2.08. The van der Waals surface area contributed by atoms with Crippen LogP contribution in [0.2, 0.25) is 0 Å². The topological polar surface area (TPSA) is 115 Å². The predicted octanol–water partition coefficient (Wildman–Crippen LogP) is -1.01. The van der Waals surface area contributed by atoms with Crippen molar-refractivity contribution in [2.24, 2.45) is 11.6 Å². The van der Waals surface area contributed by atoms with Crippen LogP contribution in [-0.2, 0) is 0 Å². The van der Waals surface area contributed by atoms with Crippen LogP contribution in [0.1, 0.15) is 13.3 Å². The standard InChI is InChI=1S/C5H14N6/c1-2-3-11(9)5(8)10-4(6)7/h2-3,9H2,1H3,(H5,6,7,8,10). The van der Waals surface area contributed by atoms with Crippen molar-refractivity contribution in [1.29, 1.82) is 10.8 Å². The van der Waals surface area contributed by atoms with E-state index in [1.54, 1.807) is 0 Å². The molecule has 0 atom stereocenters. The van der Waals surface area contributed by atoms with Gasteiger partial charge in [-0.05, 0) is 6.42 Å². The highest BCUT2D eigenvalue weighted by atomic mass is 15.5. The molecule has 0 heterocycles. The molecule has 0 unspecified atom stereocenters. The van der Waals surface area contributed by atoms with Gasteiger partial charge in [0.25, 0.3) is 0 Å². The maximum absolute atomic E-state index is 7.20. The third-order valence-electron chi connectivity index (χ3n) is 1.00. The van der Waals surface area contributed by atoms with Crippen LogP contribution in [-0.4, -0.2) is 23.5 Å². The summed E-state index contributed by atoms with van der Waals surface area (Å²) in [5, 5.41) is 17.5. The summed E-state index contributed by atoms with van der Waals surface area (Å²) >= 11 is 0. The molecule has 0 bridgehead atoms. The van der Waals surface area contributed by atoms with Gasteiger partial charge in [-0.2, -0.15) is 0 Å². The predicted molar refractivity (Wildman–Crippen MR) is 44.0 cm³/mol. The summed E-state index contributed by atoms with van der Waals surface area (Å²) in [5.41, 5.74) is 4.98. The van der Waals surface area contributed by atoms with Crippen LogP contribution in [0.15, 0.2) is 0 Å². The van der Waals surface area contributed by atoms with E-state index in [0.29, 0.717) is 6.54 Å². The van der Waals surface area contributed by atoms with E-state index in [1.165, 1.54) is 5.01 Å². The fourth-order valence-electron chi connectivity index (χ4n) is 0.552. The fraction of sp³-hybridized carbons (Fsp3) is 0.600. The molecule has 0 radical (unpaired) electrons. The molecule has 0 saturated heterocycles. The van der Waals surface area contributed by atoms with Crippen LogP contribution in [0.25, 0.3) is 0 Å². The number of nitrogens with one attached hydrogen (secondary N) is 3. The van der Waals surface area contributed by atoms with Crippen LogP contribution in [0.3, 0.4) is 0 Å². The molecule has 7 N–H and O–H groups in total. The molecule has 0 saturated carbocycles. The minimum Gasteiger partial charge on any atom is -0.370 e. The number of guanidine groups is 2. The van der Waals surface area contributed by atoms with Crippen molar-refractivity contribution < 1.29 is 0 Å². The van der Waals surface area contributed by atoms with Gasteiger partial charge < -0.3 is 5.73 Å². The average Bonchev–Trinajstić information content (AvgIpc) is 1.86. The summed E-state index contributed by atoms with van der Waals surface area (Å²) in [7, 11) is 0. The lowest BCUT2D eigenvalue weighted by atomic mass is 10.5. The Balaban J connectivity index is 3.73. The SMILES string of the molecule is CCCN(N)C(=N)NC(=N)N. The molecular formula is C5H14N6. The fourth-order valence-corrected chi connectivity index (χ4v) is 0.552. The first kappa shape index (κ1) is 9.70. The number of nitrogens with zero attached hydrogens (tertiary/aromatic N) is 1. The first-order valence-corrected chi connectivity index (χ1v) is 3.29. The van der Waals surface area contributed by atoms with Gasteiger partial charge >= 0.3 is 0 Å². The summed E-state index contributed by atoms with van der Waals surface area (Å²) < 4.78 is 0. The zero-order valence-electron chi connectivity index (χ0n) is 6.52. The molecule has 0 aliphatic carbocycles. The van der Waals surface area contributed by atoms with Gasteiger partial charge in [0.05, 0.1) is 0 Å². The van der Waals surface area contributed by atoms with E-state index in [2.05, 4.69) is 5.32 Å². The third kappa shape index (κ3) is 4.15. The van der Waals surface area contributed by atoms with Crippen molar-refractivity contribution in [1.82, 2.24) is 10.3 Å². The van der Waals surface area contributed by atoms with E-state index in [4.69, 9.17) is 22.4 Å². The largest absolute Gasteiger partial charge is 0.370 e. The van der Waals surface area contributed by atoms with Crippen molar-refractivity contribution in [3.63, 3.8) is 0 Å². The molecule has 0 spiro atoms. The normalized spacial score (nSPS) is 8.91. The molecular weight excluding hydrogens is 144 g/mol. The van der Waals surface area contributed by atoms with Crippen molar-refractivity contribution >= 4 is 11.9 Å². The van der Waals surface area contributed by atoms with Crippen molar-refractivity contribution in [3.05, 3.63) is 0 Å². The second kappa shape index (κ2) is 4.51. The Kier molecular flexibility index (Phi) is 3.97. The van der Waals surface area contributed by atoms with Gasteiger partial charge in [0.15, 0.2) is 5.96 Å². The summed E-state index contributed by atoms with van der Waals surface area (Å²) in [4.78, 5) is 0. The number of hydrogen-bond donors (Lipinski definition) is 5. The van der Waals surface area contributed by atoms with Gasteiger partial charge in [-0.3, -0.25) is 21.1 Å². The molecule has 6 heteroatoms. The zero-order chi connectivity index (χ0) is 8.85. The van der Waals surface area contributed by atoms with Gasteiger partial charge in [-0.15, -0.1) is 0 Å². The van der Waals surface area contributed by atoms with Crippen LogP contribution < -0.4 is 16.9 Å². The van der Waals surface area contributed by atoms with Crippen molar-refractivity contribution in [2.45, 2.75) is 13.3 Å². The third-order valence-corrected chi connectivity index (χ3v) is 1.00. The number of hydrazine groups is 1. The maximum atomic E-state index is 7.20. The number of nitrogens with two attached hydrogens (primary N) is 2. The highest BCUT2D eigenvalue weighted by molar-refractivity contribution is 5.94. The van der Waals surface area contributed by atoms with Crippen molar-refractivity contribution in [2.75, 3.05) is 6.54 Å². The van der Waals surface area contributed by atoms with Gasteiger partial charge in [-0.1, -0.05) is 6.92 Å². The molecule has 0 aliphatic rings. The first-order valence-electron chi connectivity index (χ1n) is 3.29. The van der Waals surface area contributed by atoms with Crippen LogP contribution in [0.4, 0.5) is 0 Å². The lowest BCUT2D eigenvalue weighted by Gasteiger charge is -2.18. The first-order chi connectivity index (χ1) is 5.07. The smallest absolute Gasteiger partial charge is 0.212 e. The van der Waals surface area contributed by atoms with E-state index in [1.807, 2.05) is 6.92 Å². The molecule has 0 aromatic rings. The molecule has 6 nitrogen and oxygen atoms in total. The molecule has 0 amide bonds. The van der Waals surface area contributed by atoms with E-state index in [0.717, 1.165) is 6.42 Å². The highest BCUT2D eigenvalue weighted by Crippen LogP contribution is 1.80. The Bertz CT molecular complexity index is 153. The Labute approximate surface area is 65.5 Å². The van der Waals surface area contributed by atoms with Gasteiger partial charge in [-0.25, -0.2) is 5.84 Å². The van der Waals surface area contributed by atoms with Crippen LogP contribution >= 0.6 is 0 Å². The summed E-state index contributed by atoms with van der Waals surface area (Å²) in [6.07, 6.45) is 0.846. The molecule has 11 heavy (non-hydrogen) atoms. The Morgan fingerprint density at radius 1 is 1.55 bits per heavy atom. The Hall–Kier alpha value is -1.30. The van der Waals surface area contributed by atoms with Crippen LogP contribution in [0, 0.1) is 10.8 Å². The lowest BCUT2D eigenvalue weighted by molar-refractivity contribution is 0.425. The van der Waals surface area contributed by atoms with Gasteiger partial charge in [0, 0.05) is 6.54 Å². The monoisotopic (exact) mass is 158 g/mol. The molecule has 0 aromatic carbocycles. The summed E-state index contributed by atoms with van der Waals surface area (Å²) in [6.45, 7) is 2.51. The van der Waals surface area contributed by atoms with E-state index in [9.17, 15) is 0 Å². The van der Waals surface area contributed by atoms with Crippen molar-refractivity contribution in [3.8, 4) is 0 Å². The molecule has 0 aliphatic heterocycles.